The molecule has 1 atom stereocenters. The molecule has 180 valence electrons. The van der Waals surface area contributed by atoms with Crippen molar-refractivity contribution in [2.24, 2.45) is 0 Å². The molecule has 0 fully saturated rings. The summed E-state index contributed by atoms with van der Waals surface area (Å²) in [5.74, 6) is 2.45. The SMILES string of the molecule is CCC(c1ccccc1)c1nc(C(C)C)c2[nH]c(=O)c3cc(-c4c(C)noc4C)c(OC)cc3n12. The fraction of sp³-hybridized carbons (Fsp3) is 0.321. The monoisotopic (exact) mass is 470 g/mol. The van der Waals surface area contributed by atoms with Gasteiger partial charge in [0.2, 0.25) is 0 Å². The second-order valence-corrected chi connectivity index (χ2v) is 9.29. The Balaban J connectivity index is 1.90. The number of aromatic amines is 1. The number of H-pyrrole nitrogens is 1. The third-order valence-corrected chi connectivity index (χ3v) is 6.74. The number of ether oxygens (including phenoxy) is 1. The number of hydrogen-bond donors (Lipinski definition) is 1. The second kappa shape index (κ2) is 8.73. The minimum Gasteiger partial charge on any atom is -0.496 e. The van der Waals surface area contributed by atoms with Crippen LogP contribution in [0.1, 0.15) is 67.6 Å². The smallest absolute Gasteiger partial charge is 0.258 e. The van der Waals surface area contributed by atoms with Crippen LogP contribution in [0.25, 0.3) is 27.7 Å². The first-order chi connectivity index (χ1) is 16.8. The lowest BCUT2D eigenvalue weighted by Gasteiger charge is -2.17. The highest BCUT2D eigenvalue weighted by Gasteiger charge is 2.26. The first-order valence-corrected chi connectivity index (χ1v) is 12.0. The van der Waals surface area contributed by atoms with Crippen molar-refractivity contribution in [2.45, 2.75) is 52.9 Å². The molecule has 5 aromatic rings. The molecule has 1 N–H and O–H groups in total. The summed E-state index contributed by atoms with van der Waals surface area (Å²) in [5, 5.41) is 4.65. The Morgan fingerprint density at radius 2 is 1.89 bits per heavy atom. The first kappa shape index (κ1) is 22.9. The summed E-state index contributed by atoms with van der Waals surface area (Å²) in [4.78, 5) is 21.6. The third-order valence-electron chi connectivity index (χ3n) is 6.74. The van der Waals surface area contributed by atoms with Gasteiger partial charge in [-0.1, -0.05) is 56.3 Å². The summed E-state index contributed by atoms with van der Waals surface area (Å²) in [6, 6.07) is 14.2. The van der Waals surface area contributed by atoms with Crippen LogP contribution in [0.3, 0.4) is 0 Å². The molecule has 0 amide bonds. The zero-order valence-electron chi connectivity index (χ0n) is 21.0. The predicted octanol–water partition coefficient (Wildman–Crippen LogP) is 6.12. The van der Waals surface area contributed by atoms with E-state index >= 15 is 0 Å². The molecular weight excluding hydrogens is 440 g/mol. The highest BCUT2D eigenvalue weighted by atomic mass is 16.5. The lowest BCUT2D eigenvalue weighted by molar-refractivity contribution is 0.393. The molecule has 0 radical (unpaired) electrons. The summed E-state index contributed by atoms with van der Waals surface area (Å²) >= 11 is 0. The van der Waals surface area contributed by atoms with Gasteiger partial charge in [-0.15, -0.1) is 0 Å². The van der Waals surface area contributed by atoms with Gasteiger partial charge in [0.25, 0.3) is 5.56 Å². The number of imidazole rings is 1. The van der Waals surface area contributed by atoms with Crippen molar-refractivity contribution in [2.75, 3.05) is 7.11 Å². The van der Waals surface area contributed by atoms with E-state index in [1.807, 2.05) is 32.0 Å². The summed E-state index contributed by atoms with van der Waals surface area (Å²) in [6.45, 7) is 10.1. The second-order valence-electron chi connectivity index (χ2n) is 9.29. The standard InChI is InChI=1S/C28H30N4O3/c1-7-19(18-11-9-8-10-12-18)26-29-25(15(2)3)27-30-28(33)20-13-21(24-16(4)31-35-17(24)5)23(34-6)14-22(20)32(26)27/h8-15,19H,7H2,1-6H3,(H,30,33). The number of nitrogens with zero attached hydrogens (tertiary/aromatic N) is 3. The van der Waals surface area contributed by atoms with Crippen LogP contribution < -0.4 is 10.3 Å². The molecule has 7 nitrogen and oxygen atoms in total. The van der Waals surface area contributed by atoms with Crippen molar-refractivity contribution in [1.82, 2.24) is 19.5 Å². The van der Waals surface area contributed by atoms with E-state index in [9.17, 15) is 4.79 Å². The van der Waals surface area contributed by atoms with Crippen molar-refractivity contribution < 1.29 is 9.26 Å². The van der Waals surface area contributed by atoms with Gasteiger partial charge < -0.3 is 14.2 Å². The molecular formula is C28H30N4O3. The highest BCUT2D eigenvalue weighted by molar-refractivity contribution is 5.90. The third kappa shape index (κ3) is 3.62. The van der Waals surface area contributed by atoms with Crippen LogP contribution >= 0.6 is 0 Å². The minimum atomic E-state index is -0.163. The summed E-state index contributed by atoms with van der Waals surface area (Å²) in [6.07, 6.45) is 0.871. The number of benzene rings is 2. The van der Waals surface area contributed by atoms with Crippen molar-refractivity contribution in [1.29, 1.82) is 0 Å². The normalized spacial score (nSPS) is 12.7. The number of fused-ring (bicyclic) bond motifs is 3. The van der Waals surface area contributed by atoms with E-state index in [4.69, 9.17) is 14.2 Å². The summed E-state index contributed by atoms with van der Waals surface area (Å²) in [5.41, 5.74) is 5.77. The predicted molar refractivity (Wildman–Crippen MR) is 138 cm³/mol. The molecule has 0 saturated carbocycles. The zero-order chi connectivity index (χ0) is 24.9. The van der Waals surface area contributed by atoms with Crippen molar-refractivity contribution in [3.8, 4) is 16.9 Å². The van der Waals surface area contributed by atoms with Gasteiger partial charge in [-0.2, -0.15) is 0 Å². The van der Waals surface area contributed by atoms with Crippen molar-refractivity contribution >= 4 is 16.6 Å². The fourth-order valence-corrected chi connectivity index (χ4v) is 5.05. The average molecular weight is 471 g/mol. The molecule has 0 aliphatic heterocycles. The first-order valence-electron chi connectivity index (χ1n) is 12.0. The molecule has 2 aromatic carbocycles. The van der Waals surface area contributed by atoms with Gasteiger partial charge in [0.05, 0.1) is 35.0 Å². The van der Waals surface area contributed by atoms with Gasteiger partial charge in [-0.3, -0.25) is 9.20 Å². The number of aryl methyl sites for hydroxylation is 2. The van der Waals surface area contributed by atoms with E-state index in [1.54, 1.807) is 7.11 Å². The molecule has 1 unspecified atom stereocenters. The molecule has 0 saturated heterocycles. The Labute approximate surface area is 203 Å². The van der Waals surface area contributed by atoms with E-state index in [0.29, 0.717) is 16.9 Å². The number of nitrogens with one attached hydrogen (secondary N) is 1. The Morgan fingerprint density at radius 3 is 2.49 bits per heavy atom. The fourth-order valence-electron chi connectivity index (χ4n) is 5.05. The van der Waals surface area contributed by atoms with Gasteiger partial charge >= 0.3 is 0 Å². The Hall–Kier alpha value is -3.87. The number of rotatable bonds is 6. The lowest BCUT2D eigenvalue weighted by atomic mass is 9.95. The van der Waals surface area contributed by atoms with Gasteiger partial charge in [0.15, 0.2) is 0 Å². The van der Waals surface area contributed by atoms with Crippen molar-refractivity contribution in [3.63, 3.8) is 0 Å². The molecule has 0 spiro atoms. The van der Waals surface area contributed by atoms with Gasteiger partial charge in [-0.25, -0.2) is 4.98 Å². The van der Waals surface area contributed by atoms with Crippen LogP contribution in [-0.2, 0) is 0 Å². The topological polar surface area (TPSA) is 85.4 Å². The number of aromatic nitrogens is 4. The van der Waals surface area contributed by atoms with E-state index in [2.05, 4.69) is 59.6 Å². The van der Waals surface area contributed by atoms with E-state index < -0.39 is 0 Å². The molecule has 5 rings (SSSR count). The van der Waals surface area contributed by atoms with E-state index in [1.165, 1.54) is 5.56 Å². The van der Waals surface area contributed by atoms with Gasteiger partial charge in [-0.05, 0) is 37.8 Å². The number of methoxy groups -OCH3 is 1. The van der Waals surface area contributed by atoms with Crippen LogP contribution in [0.5, 0.6) is 5.75 Å². The molecule has 0 aliphatic rings. The molecule has 0 aliphatic carbocycles. The number of hydrogen-bond acceptors (Lipinski definition) is 5. The van der Waals surface area contributed by atoms with Crippen LogP contribution in [0, 0.1) is 13.8 Å². The maximum Gasteiger partial charge on any atom is 0.258 e. The highest BCUT2D eigenvalue weighted by Crippen LogP contribution is 2.39. The van der Waals surface area contributed by atoms with Crippen LogP contribution in [0.15, 0.2) is 51.8 Å². The van der Waals surface area contributed by atoms with Crippen LogP contribution in [0.4, 0.5) is 0 Å². The Kier molecular flexibility index (Phi) is 5.71. The molecule has 7 heteroatoms. The van der Waals surface area contributed by atoms with E-state index in [-0.39, 0.29) is 17.4 Å². The summed E-state index contributed by atoms with van der Waals surface area (Å²) in [7, 11) is 1.64. The van der Waals surface area contributed by atoms with Gasteiger partial charge in [0.1, 0.15) is 23.0 Å². The zero-order valence-corrected chi connectivity index (χ0v) is 21.0. The molecule has 35 heavy (non-hydrogen) atoms. The quantitative estimate of drug-likeness (QED) is 0.323. The van der Waals surface area contributed by atoms with E-state index in [0.717, 1.165) is 45.9 Å². The minimum absolute atomic E-state index is 0.0681. The van der Waals surface area contributed by atoms with Crippen LogP contribution in [0.2, 0.25) is 0 Å². The largest absolute Gasteiger partial charge is 0.496 e. The molecule has 3 heterocycles. The van der Waals surface area contributed by atoms with Crippen LogP contribution in [-0.4, -0.2) is 26.6 Å². The maximum atomic E-state index is 13.4. The van der Waals surface area contributed by atoms with Crippen molar-refractivity contribution in [3.05, 3.63) is 81.4 Å². The maximum absolute atomic E-state index is 13.4. The summed E-state index contributed by atoms with van der Waals surface area (Å²) < 4.78 is 13.3. The molecule has 0 bridgehead atoms. The van der Waals surface area contributed by atoms with Gasteiger partial charge in [0, 0.05) is 17.5 Å². The lowest BCUT2D eigenvalue weighted by Crippen LogP contribution is -2.13. The average Bonchev–Trinajstić information content (AvgIpc) is 3.39. The molecule has 3 aromatic heterocycles. The Bertz CT molecular complexity index is 1570. The Morgan fingerprint density at radius 1 is 1.14 bits per heavy atom.